The number of anilines is 1. The largest absolute Gasteiger partial charge is 0.396 e. The molecule has 9 heteroatoms. The highest BCUT2D eigenvalue weighted by Gasteiger charge is 2.37. The topological polar surface area (TPSA) is 83.5 Å². The van der Waals surface area contributed by atoms with E-state index in [-0.39, 0.29) is 34.4 Å². The molecule has 4 rings (SSSR count). The van der Waals surface area contributed by atoms with Crippen molar-refractivity contribution >= 4 is 44.6 Å². The first kappa shape index (κ1) is 23.7. The van der Waals surface area contributed by atoms with Crippen LogP contribution in [0.15, 0.2) is 65.6 Å². The van der Waals surface area contributed by atoms with Crippen LogP contribution in [0.25, 0.3) is 0 Å². The third-order valence-electron chi connectivity index (χ3n) is 5.75. The molecule has 0 saturated heterocycles. The second-order valence-corrected chi connectivity index (χ2v) is 10.9. The van der Waals surface area contributed by atoms with Crippen LogP contribution in [0.4, 0.5) is 10.1 Å². The minimum Gasteiger partial charge on any atom is -0.396 e. The number of halogens is 3. The molecule has 1 aliphatic rings. The molecule has 2 N–H and O–H groups in total. The van der Waals surface area contributed by atoms with Crippen LogP contribution in [0, 0.1) is 11.7 Å². The molecule has 0 fully saturated rings. The fraction of sp³-hybridized carbons (Fsp3) is 0.208. The van der Waals surface area contributed by atoms with Crippen molar-refractivity contribution in [2.45, 2.75) is 23.0 Å². The van der Waals surface area contributed by atoms with E-state index in [2.05, 4.69) is 5.32 Å². The molecule has 0 radical (unpaired) electrons. The molecule has 1 aliphatic carbocycles. The molecule has 172 valence electrons. The van der Waals surface area contributed by atoms with E-state index in [1.807, 2.05) is 0 Å². The SMILES string of the molecule is O=C(Nc1ccc2c(c1)C(S(=O)(=O)c1cccc(Cl)c1)C[C@H](CO)C2)c1c(F)cccc1Cl. The Kier molecular flexibility index (Phi) is 6.77. The predicted molar refractivity (Wildman–Crippen MR) is 126 cm³/mol. The highest BCUT2D eigenvalue weighted by atomic mass is 35.5. The van der Waals surface area contributed by atoms with Crippen molar-refractivity contribution in [2.24, 2.45) is 5.92 Å². The van der Waals surface area contributed by atoms with Gasteiger partial charge in [-0.15, -0.1) is 0 Å². The summed E-state index contributed by atoms with van der Waals surface area (Å²) in [5, 5.41) is 11.7. The van der Waals surface area contributed by atoms with Gasteiger partial charge in [-0.2, -0.15) is 0 Å². The number of benzene rings is 3. The van der Waals surface area contributed by atoms with E-state index >= 15 is 0 Å². The second kappa shape index (κ2) is 9.43. The molecule has 0 aliphatic heterocycles. The van der Waals surface area contributed by atoms with Gasteiger partial charge >= 0.3 is 0 Å². The molecule has 3 aromatic carbocycles. The Balaban J connectivity index is 1.73. The van der Waals surface area contributed by atoms with Gasteiger partial charge in [0.15, 0.2) is 9.84 Å². The van der Waals surface area contributed by atoms with Crippen molar-refractivity contribution in [1.82, 2.24) is 0 Å². The first-order chi connectivity index (χ1) is 15.7. The van der Waals surface area contributed by atoms with E-state index in [4.69, 9.17) is 23.2 Å². The smallest absolute Gasteiger partial charge is 0.260 e. The Bertz CT molecular complexity index is 1310. The summed E-state index contributed by atoms with van der Waals surface area (Å²) in [6.07, 6.45) is 0.718. The van der Waals surface area contributed by atoms with Gasteiger partial charge in [-0.3, -0.25) is 4.79 Å². The number of rotatable bonds is 5. The van der Waals surface area contributed by atoms with E-state index in [9.17, 15) is 22.7 Å². The molecular formula is C24H20Cl2FNO4S. The van der Waals surface area contributed by atoms with Crippen LogP contribution in [0.1, 0.15) is 33.2 Å². The maximum Gasteiger partial charge on any atom is 0.260 e. The molecule has 33 heavy (non-hydrogen) atoms. The molecule has 0 spiro atoms. The summed E-state index contributed by atoms with van der Waals surface area (Å²) in [5.74, 6) is -1.73. The molecule has 0 bridgehead atoms. The fourth-order valence-corrected chi connectivity index (χ4v) is 6.60. The van der Waals surface area contributed by atoms with E-state index < -0.39 is 26.8 Å². The molecule has 1 amide bonds. The molecular weight excluding hydrogens is 488 g/mol. The van der Waals surface area contributed by atoms with E-state index in [0.29, 0.717) is 22.7 Å². The van der Waals surface area contributed by atoms with Crippen molar-refractivity contribution in [2.75, 3.05) is 11.9 Å². The maximum atomic E-state index is 14.1. The number of hydrogen-bond donors (Lipinski definition) is 2. The fourth-order valence-electron chi connectivity index (χ4n) is 4.13. The molecule has 3 aromatic rings. The zero-order chi connectivity index (χ0) is 23.8. The van der Waals surface area contributed by atoms with Crippen LogP contribution in [0.5, 0.6) is 0 Å². The number of aliphatic hydroxyl groups is 1. The Hall–Kier alpha value is -2.45. The van der Waals surface area contributed by atoms with Gasteiger partial charge in [0.05, 0.1) is 20.7 Å². The van der Waals surface area contributed by atoms with Crippen LogP contribution in [-0.4, -0.2) is 26.0 Å². The Morgan fingerprint density at radius 2 is 1.85 bits per heavy atom. The number of sulfone groups is 1. The minimum atomic E-state index is -3.84. The lowest BCUT2D eigenvalue weighted by Gasteiger charge is -2.31. The molecule has 0 heterocycles. The average Bonchev–Trinajstić information content (AvgIpc) is 2.78. The monoisotopic (exact) mass is 507 g/mol. The van der Waals surface area contributed by atoms with Gasteiger partial charge in [0.2, 0.25) is 0 Å². The number of carbonyl (C=O) groups excluding carboxylic acids is 1. The van der Waals surface area contributed by atoms with Crippen LogP contribution in [-0.2, 0) is 16.3 Å². The van der Waals surface area contributed by atoms with Gasteiger partial charge in [0.25, 0.3) is 5.91 Å². The van der Waals surface area contributed by atoms with Crippen LogP contribution in [0.3, 0.4) is 0 Å². The number of carbonyl (C=O) groups is 1. The highest BCUT2D eigenvalue weighted by molar-refractivity contribution is 7.91. The van der Waals surface area contributed by atoms with Gasteiger partial charge in [0.1, 0.15) is 5.82 Å². The summed E-state index contributed by atoms with van der Waals surface area (Å²) >= 11 is 12.0. The third kappa shape index (κ3) is 4.77. The lowest BCUT2D eigenvalue weighted by Crippen LogP contribution is -2.27. The summed E-state index contributed by atoms with van der Waals surface area (Å²) in [4.78, 5) is 12.7. The van der Waals surface area contributed by atoms with Crippen LogP contribution < -0.4 is 5.32 Å². The Morgan fingerprint density at radius 3 is 2.55 bits per heavy atom. The van der Waals surface area contributed by atoms with Gasteiger partial charge in [-0.25, -0.2) is 12.8 Å². The normalized spacial score (nSPS) is 17.9. The van der Waals surface area contributed by atoms with E-state index in [1.54, 1.807) is 30.3 Å². The summed E-state index contributed by atoms with van der Waals surface area (Å²) < 4.78 is 41.2. The van der Waals surface area contributed by atoms with Gasteiger partial charge in [-0.05, 0) is 72.4 Å². The number of amides is 1. The first-order valence-corrected chi connectivity index (χ1v) is 12.5. The summed E-state index contributed by atoms with van der Waals surface area (Å²) in [6.45, 7) is -0.148. The molecule has 0 aromatic heterocycles. The average molecular weight is 508 g/mol. The van der Waals surface area contributed by atoms with Gasteiger partial charge in [0, 0.05) is 17.3 Å². The number of aliphatic hydroxyl groups excluding tert-OH is 1. The Labute approximate surface area is 201 Å². The number of hydrogen-bond acceptors (Lipinski definition) is 4. The van der Waals surface area contributed by atoms with Crippen molar-refractivity contribution in [3.05, 3.63) is 93.2 Å². The standard InChI is InChI=1S/C24H20Cl2FNO4S/c25-16-3-1-4-18(11-16)33(31,32)22-10-14(13-29)9-15-7-8-17(12-19(15)22)28-24(30)23-20(26)5-2-6-21(23)27/h1-8,11-12,14,22,29H,9-10,13H2,(H,28,30)/t14-,22?/m1/s1. The van der Waals surface area contributed by atoms with E-state index in [0.717, 1.165) is 11.6 Å². The van der Waals surface area contributed by atoms with Crippen molar-refractivity contribution in [1.29, 1.82) is 0 Å². The molecule has 1 unspecified atom stereocenters. The molecule has 0 saturated carbocycles. The second-order valence-electron chi connectivity index (χ2n) is 7.94. The minimum absolute atomic E-state index is 0.0299. The highest BCUT2D eigenvalue weighted by Crippen LogP contribution is 2.42. The number of nitrogens with one attached hydrogen (secondary N) is 1. The van der Waals surface area contributed by atoms with Crippen molar-refractivity contribution < 1.29 is 22.7 Å². The van der Waals surface area contributed by atoms with Crippen molar-refractivity contribution in [3.63, 3.8) is 0 Å². The zero-order valence-electron chi connectivity index (χ0n) is 17.3. The van der Waals surface area contributed by atoms with Crippen LogP contribution in [0.2, 0.25) is 10.0 Å². The van der Waals surface area contributed by atoms with Gasteiger partial charge < -0.3 is 10.4 Å². The summed E-state index contributed by atoms with van der Waals surface area (Å²) in [7, 11) is -3.84. The van der Waals surface area contributed by atoms with Gasteiger partial charge in [-0.1, -0.05) is 41.4 Å². The first-order valence-electron chi connectivity index (χ1n) is 10.2. The van der Waals surface area contributed by atoms with Crippen LogP contribution >= 0.6 is 23.2 Å². The zero-order valence-corrected chi connectivity index (χ0v) is 19.6. The quantitative estimate of drug-likeness (QED) is 0.480. The molecule has 2 atom stereocenters. The third-order valence-corrected chi connectivity index (χ3v) is 8.41. The summed E-state index contributed by atoms with van der Waals surface area (Å²) in [6, 6.07) is 14.9. The summed E-state index contributed by atoms with van der Waals surface area (Å²) in [5.41, 5.74) is 1.31. The number of fused-ring (bicyclic) bond motifs is 1. The van der Waals surface area contributed by atoms with Crippen molar-refractivity contribution in [3.8, 4) is 0 Å². The molecule has 5 nitrogen and oxygen atoms in total. The van der Waals surface area contributed by atoms with E-state index in [1.165, 1.54) is 24.3 Å². The lowest BCUT2D eigenvalue weighted by molar-refractivity contribution is 0.102. The lowest BCUT2D eigenvalue weighted by atomic mass is 9.83. The predicted octanol–water partition coefficient (Wildman–Crippen LogP) is 5.45. The Morgan fingerprint density at radius 1 is 1.09 bits per heavy atom. The maximum absolute atomic E-state index is 14.1.